The van der Waals surface area contributed by atoms with Gasteiger partial charge in [0.25, 0.3) is 0 Å². The van der Waals surface area contributed by atoms with Crippen LogP contribution in [0.4, 0.5) is 10.1 Å². The lowest BCUT2D eigenvalue weighted by molar-refractivity contribution is -0.119. The first-order valence-electron chi connectivity index (χ1n) is 6.59. The van der Waals surface area contributed by atoms with Crippen LogP contribution < -0.4 is 11.1 Å². The van der Waals surface area contributed by atoms with Crippen LogP contribution in [0.1, 0.15) is 31.2 Å². The first kappa shape index (κ1) is 14.0. The fourth-order valence-corrected chi connectivity index (χ4v) is 2.16. The van der Waals surface area contributed by atoms with Crippen molar-refractivity contribution in [1.82, 2.24) is 0 Å². The summed E-state index contributed by atoms with van der Waals surface area (Å²) < 4.78 is 19.2. The largest absolute Gasteiger partial charge is 0.378 e. The van der Waals surface area contributed by atoms with Gasteiger partial charge in [-0.25, -0.2) is 4.39 Å². The number of hydrogen-bond donors (Lipinski definition) is 2. The highest BCUT2D eigenvalue weighted by Crippen LogP contribution is 2.19. The second-order valence-electron chi connectivity index (χ2n) is 4.76. The van der Waals surface area contributed by atoms with E-state index in [1.807, 2.05) is 0 Å². The summed E-state index contributed by atoms with van der Waals surface area (Å²) in [6, 6.07) is 4.58. The molecule has 1 unspecified atom stereocenters. The van der Waals surface area contributed by atoms with Gasteiger partial charge in [-0.1, -0.05) is 6.07 Å². The molecular formula is C14H19FN2O2. The zero-order valence-corrected chi connectivity index (χ0v) is 10.8. The van der Waals surface area contributed by atoms with E-state index in [0.717, 1.165) is 19.3 Å². The number of nitrogens with one attached hydrogen (secondary N) is 1. The van der Waals surface area contributed by atoms with Crippen molar-refractivity contribution in [3.63, 3.8) is 0 Å². The first-order valence-corrected chi connectivity index (χ1v) is 6.59. The van der Waals surface area contributed by atoms with Crippen LogP contribution in [0.15, 0.2) is 18.2 Å². The minimum Gasteiger partial charge on any atom is -0.378 e. The fraction of sp³-hybridized carbons (Fsp3) is 0.500. The molecule has 0 bridgehead atoms. The monoisotopic (exact) mass is 266 g/mol. The maximum atomic E-state index is 13.7. The average Bonchev–Trinajstić information content (AvgIpc) is 2.42. The van der Waals surface area contributed by atoms with Gasteiger partial charge in [-0.05, 0) is 37.0 Å². The molecule has 1 atom stereocenters. The molecule has 4 nitrogen and oxygen atoms in total. The Bertz CT molecular complexity index is 445. The Labute approximate surface area is 112 Å². The zero-order chi connectivity index (χ0) is 13.7. The predicted octanol–water partition coefficient (Wildman–Crippen LogP) is 2.18. The molecule has 0 saturated carbocycles. The molecule has 0 aromatic heterocycles. The molecule has 1 amide bonds. The van der Waals surface area contributed by atoms with Gasteiger partial charge in [-0.2, -0.15) is 0 Å². The van der Waals surface area contributed by atoms with Crippen LogP contribution in [0, 0.1) is 5.82 Å². The summed E-state index contributed by atoms with van der Waals surface area (Å²) in [6.07, 6.45) is 3.25. The van der Waals surface area contributed by atoms with E-state index in [9.17, 15) is 9.18 Å². The normalized spacial score (nSPS) is 19.2. The quantitative estimate of drug-likeness (QED) is 0.878. The molecule has 3 N–H and O–H groups in total. The van der Waals surface area contributed by atoms with Gasteiger partial charge < -0.3 is 15.8 Å². The summed E-state index contributed by atoms with van der Waals surface area (Å²) in [6.45, 7) is 0.985. The molecule has 1 aliphatic heterocycles. The van der Waals surface area contributed by atoms with Crippen LogP contribution >= 0.6 is 0 Å². The third-order valence-corrected chi connectivity index (χ3v) is 3.23. The number of nitrogens with two attached hydrogens (primary N) is 1. The number of hydrogen-bond acceptors (Lipinski definition) is 3. The second-order valence-corrected chi connectivity index (χ2v) is 4.76. The van der Waals surface area contributed by atoms with Crippen LogP contribution in [-0.2, 0) is 16.1 Å². The summed E-state index contributed by atoms with van der Waals surface area (Å²) in [5, 5.41) is 2.57. The number of ether oxygens (including phenoxy) is 1. The van der Waals surface area contributed by atoms with E-state index in [-0.39, 0.29) is 30.7 Å². The topological polar surface area (TPSA) is 64.3 Å². The van der Waals surface area contributed by atoms with Crippen molar-refractivity contribution in [2.75, 3.05) is 11.9 Å². The van der Waals surface area contributed by atoms with Gasteiger partial charge in [0.2, 0.25) is 5.91 Å². The van der Waals surface area contributed by atoms with E-state index in [4.69, 9.17) is 10.5 Å². The van der Waals surface area contributed by atoms with Crippen LogP contribution in [0.5, 0.6) is 0 Å². The van der Waals surface area contributed by atoms with E-state index in [0.29, 0.717) is 12.2 Å². The Morgan fingerprint density at radius 3 is 2.95 bits per heavy atom. The maximum Gasteiger partial charge on any atom is 0.227 e. The van der Waals surface area contributed by atoms with Crippen molar-refractivity contribution in [1.29, 1.82) is 0 Å². The number of carbonyl (C=O) groups is 1. The van der Waals surface area contributed by atoms with Gasteiger partial charge in [-0.3, -0.25) is 4.79 Å². The Morgan fingerprint density at radius 2 is 2.32 bits per heavy atom. The van der Waals surface area contributed by atoms with E-state index < -0.39 is 5.82 Å². The Morgan fingerprint density at radius 1 is 1.47 bits per heavy atom. The molecule has 1 aliphatic rings. The summed E-state index contributed by atoms with van der Waals surface area (Å²) in [5.74, 6) is -0.674. The minimum absolute atomic E-state index is 0.0415. The minimum atomic E-state index is -0.458. The van der Waals surface area contributed by atoms with Crippen LogP contribution in [-0.4, -0.2) is 18.6 Å². The molecule has 0 radical (unpaired) electrons. The summed E-state index contributed by atoms with van der Waals surface area (Å²) in [7, 11) is 0. The molecule has 1 fully saturated rings. The molecule has 2 rings (SSSR count). The standard InChI is InChI=1S/C14H19FN2O2/c15-12-7-10(9-16)4-5-13(12)17-14(18)8-11-3-1-2-6-19-11/h4-5,7,11H,1-3,6,8-9,16H2,(H,17,18). The van der Waals surface area contributed by atoms with Gasteiger partial charge in [0.05, 0.1) is 18.2 Å². The number of amides is 1. The molecule has 19 heavy (non-hydrogen) atoms. The molecule has 1 saturated heterocycles. The summed E-state index contributed by atoms with van der Waals surface area (Å²) >= 11 is 0. The molecule has 1 aromatic rings. The van der Waals surface area contributed by atoms with Crippen LogP contribution in [0.3, 0.4) is 0 Å². The van der Waals surface area contributed by atoms with E-state index >= 15 is 0 Å². The highest BCUT2D eigenvalue weighted by molar-refractivity contribution is 5.91. The SMILES string of the molecule is NCc1ccc(NC(=O)CC2CCCCO2)c(F)c1. The number of halogens is 1. The van der Waals surface area contributed by atoms with Gasteiger partial charge in [0.15, 0.2) is 0 Å². The number of benzene rings is 1. The third kappa shape index (κ3) is 4.01. The van der Waals surface area contributed by atoms with Crippen molar-refractivity contribution in [2.24, 2.45) is 5.73 Å². The number of anilines is 1. The predicted molar refractivity (Wildman–Crippen MR) is 71.1 cm³/mol. The lowest BCUT2D eigenvalue weighted by atomic mass is 10.1. The Balaban J connectivity index is 1.91. The van der Waals surface area contributed by atoms with Gasteiger partial charge in [0.1, 0.15) is 5.82 Å². The molecule has 0 aliphatic carbocycles. The van der Waals surface area contributed by atoms with E-state index in [1.165, 1.54) is 12.1 Å². The molecule has 5 heteroatoms. The summed E-state index contributed by atoms with van der Waals surface area (Å²) in [4.78, 5) is 11.8. The zero-order valence-electron chi connectivity index (χ0n) is 10.8. The van der Waals surface area contributed by atoms with Crippen molar-refractivity contribution in [3.8, 4) is 0 Å². The van der Waals surface area contributed by atoms with Crippen molar-refractivity contribution >= 4 is 11.6 Å². The van der Waals surface area contributed by atoms with Crippen molar-refractivity contribution in [3.05, 3.63) is 29.6 Å². The molecule has 1 aromatic carbocycles. The van der Waals surface area contributed by atoms with Crippen LogP contribution in [0.25, 0.3) is 0 Å². The van der Waals surface area contributed by atoms with E-state index in [1.54, 1.807) is 6.07 Å². The second kappa shape index (κ2) is 6.63. The van der Waals surface area contributed by atoms with E-state index in [2.05, 4.69) is 5.32 Å². The average molecular weight is 266 g/mol. The lowest BCUT2D eigenvalue weighted by Crippen LogP contribution is -2.25. The number of rotatable bonds is 4. The van der Waals surface area contributed by atoms with Gasteiger partial charge >= 0.3 is 0 Å². The Kier molecular flexibility index (Phi) is 4.87. The molecule has 104 valence electrons. The van der Waals surface area contributed by atoms with Crippen LogP contribution in [0.2, 0.25) is 0 Å². The van der Waals surface area contributed by atoms with Gasteiger partial charge in [-0.15, -0.1) is 0 Å². The first-order chi connectivity index (χ1) is 9.19. The van der Waals surface area contributed by atoms with Crippen molar-refractivity contribution < 1.29 is 13.9 Å². The molecule has 0 spiro atoms. The summed E-state index contributed by atoms with van der Waals surface area (Å²) in [5.41, 5.74) is 6.32. The Hall–Kier alpha value is -1.46. The smallest absolute Gasteiger partial charge is 0.227 e. The maximum absolute atomic E-state index is 13.7. The van der Waals surface area contributed by atoms with Crippen molar-refractivity contribution in [2.45, 2.75) is 38.3 Å². The highest BCUT2D eigenvalue weighted by atomic mass is 19.1. The number of carbonyl (C=O) groups excluding carboxylic acids is 1. The third-order valence-electron chi connectivity index (χ3n) is 3.23. The fourth-order valence-electron chi connectivity index (χ4n) is 2.16. The van der Waals surface area contributed by atoms with Gasteiger partial charge in [0, 0.05) is 13.2 Å². The molecular weight excluding hydrogens is 247 g/mol. The lowest BCUT2D eigenvalue weighted by Gasteiger charge is -2.22. The highest BCUT2D eigenvalue weighted by Gasteiger charge is 2.18. The molecule has 1 heterocycles.